The number of benzene rings is 1. The maximum absolute atomic E-state index is 5.80. The number of nitrogens with zero attached hydrogens (tertiary/aromatic N) is 3. The molecular formula is C16H13N3O2. The minimum absolute atomic E-state index is 0.429. The van der Waals surface area contributed by atoms with Crippen LogP contribution in [-0.4, -0.2) is 22.1 Å². The molecule has 0 fully saturated rings. The van der Waals surface area contributed by atoms with E-state index < -0.39 is 0 Å². The smallest absolute Gasteiger partial charge is 0.246 e. The van der Waals surface area contributed by atoms with Crippen molar-refractivity contribution in [3.63, 3.8) is 0 Å². The minimum atomic E-state index is 0.429. The zero-order valence-electron chi connectivity index (χ0n) is 11.4. The normalized spacial score (nSPS) is 10.1. The third kappa shape index (κ3) is 2.97. The van der Waals surface area contributed by atoms with Crippen LogP contribution in [0.5, 0.6) is 17.4 Å². The Hall–Kier alpha value is -2.95. The summed E-state index contributed by atoms with van der Waals surface area (Å²) in [4.78, 5) is 12.7. The van der Waals surface area contributed by atoms with E-state index in [4.69, 9.17) is 9.47 Å². The first-order valence-electron chi connectivity index (χ1n) is 6.40. The van der Waals surface area contributed by atoms with Gasteiger partial charge in [-0.15, -0.1) is 0 Å². The molecule has 0 amide bonds. The van der Waals surface area contributed by atoms with Gasteiger partial charge in [0, 0.05) is 24.2 Å². The largest absolute Gasteiger partial charge is 0.495 e. The summed E-state index contributed by atoms with van der Waals surface area (Å²) in [7, 11) is 1.60. The second-order valence-corrected chi connectivity index (χ2v) is 4.24. The van der Waals surface area contributed by atoms with E-state index in [0.717, 1.165) is 5.56 Å². The summed E-state index contributed by atoms with van der Waals surface area (Å²) in [6, 6.07) is 11.3. The van der Waals surface area contributed by atoms with Crippen LogP contribution in [0.25, 0.3) is 11.3 Å². The summed E-state index contributed by atoms with van der Waals surface area (Å²) >= 11 is 0. The van der Waals surface area contributed by atoms with Crippen LogP contribution >= 0.6 is 0 Å². The van der Waals surface area contributed by atoms with Crippen molar-refractivity contribution in [1.82, 2.24) is 15.0 Å². The van der Waals surface area contributed by atoms with E-state index in [1.165, 1.54) is 0 Å². The average Bonchev–Trinajstić information content (AvgIpc) is 2.56. The molecule has 0 atom stereocenters. The molecule has 0 bridgehead atoms. The maximum Gasteiger partial charge on any atom is 0.246 e. The van der Waals surface area contributed by atoms with Crippen LogP contribution in [0.2, 0.25) is 0 Å². The lowest BCUT2D eigenvalue weighted by molar-refractivity contribution is 0.413. The number of ether oxygens (including phenoxy) is 2. The SMILES string of the molecule is COc1cncc(-c2nccnc2Oc2ccccc2)c1. The van der Waals surface area contributed by atoms with E-state index in [1.807, 2.05) is 36.4 Å². The number of hydrogen-bond acceptors (Lipinski definition) is 5. The van der Waals surface area contributed by atoms with Crippen molar-refractivity contribution in [2.24, 2.45) is 0 Å². The van der Waals surface area contributed by atoms with Crippen LogP contribution in [0.3, 0.4) is 0 Å². The summed E-state index contributed by atoms with van der Waals surface area (Å²) in [5.74, 6) is 1.79. The molecule has 104 valence electrons. The number of methoxy groups -OCH3 is 1. The highest BCUT2D eigenvalue weighted by Gasteiger charge is 2.11. The molecule has 2 aromatic heterocycles. The van der Waals surface area contributed by atoms with Crippen molar-refractivity contribution in [2.45, 2.75) is 0 Å². The van der Waals surface area contributed by atoms with Gasteiger partial charge in [-0.1, -0.05) is 18.2 Å². The molecule has 0 aliphatic heterocycles. The van der Waals surface area contributed by atoms with Crippen LogP contribution in [0, 0.1) is 0 Å². The summed E-state index contributed by atoms with van der Waals surface area (Å²) in [5.41, 5.74) is 1.40. The Morgan fingerprint density at radius 2 is 1.71 bits per heavy atom. The molecule has 5 nitrogen and oxygen atoms in total. The Morgan fingerprint density at radius 3 is 2.52 bits per heavy atom. The molecule has 0 saturated heterocycles. The van der Waals surface area contributed by atoms with Gasteiger partial charge in [0.1, 0.15) is 17.2 Å². The van der Waals surface area contributed by atoms with Crippen LogP contribution in [-0.2, 0) is 0 Å². The Bertz CT molecular complexity index is 732. The fraction of sp³-hybridized carbons (Fsp3) is 0.0625. The van der Waals surface area contributed by atoms with E-state index in [9.17, 15) is 0 Å². The van der Waals surface area contributed by atoms with Gasteiger partial charge in [-0.3, -0.25) is 4.98 Å². The Kier molecular flexibility index (Phi) is 3.73. The second kappa shape index (κ2) is 6.00. The molecule has 0 radical (unpaired) electrons. The number of aromatic nitrogens is 3. The average molecular weight is 279 g/mol. The van der Waals surface area contributed by atoms with E-state index in [0.29, 0.717) is 23.1 Å². The van der Waals surface area contributed by atoms with Crippen LogP contribution in [0.1, 0.15) is 0 Å². The van der Waals surface area contributed by atoms with Crippen molar-refractivity contribution in [3.05, 3.63) is 61.2 Å². The Morgan fingerprint density at radius 1 is 0.905 bits per heavy atom. The molecule has 0 saturated carbocycles. The molecule has 0 aliphatic carbocycles. The lowest BCUT2D eigenvalue weighted by atomic mass is 10.2. The van der Waals surface area contributed by atoms with E-state index in [1.54, 1.807) is 31.9 Å². The lowest BCUT2D eigenvalue weighted by Crippen LogP contribution is -1.95. The van der Waals surface area contributed by atoms with Gasteiger partial charge in [-0.05, 0) is 18.2 Å². The fourth-order valence-electron chi connectivity index (χ4n) is 1.86. The van der Waals surface area contributed by atoms with Gasteiger partial charge in [0.25, 0.3) is 0 Å². The third-order valence-corrected chi connectivity index (χ3v) is 2.84. The van der Waals surface area contributed by atoms with Gasteiger partial charge in [0.15, 0.2) is 0 Å². The minimum Gasteiger partial charge on any atom is -0.495 e. The molecule has 0 aliphatic rings. The van der Waals surface area contributed by atoms with Gasteiger partial charge in [-0.25, -0.2) is 9.97 Å². The van der Waals surface area contributed by atoms with Gasteiger partial charge < -0.3 is 9.47 Å². The Balaban J connectivity index is 1.99. The summed E-state index contributed by atoms with van der Waals surface area (Å²) in [5, 5.41) is 0. The molecule has 21 heavy (non-hydrogen) atoms. The highest BCUT2D eigenvalue weighted by atomic mass is 16.5. The molecule has 0 spiro atoms. The highest BCUT2D eigenvalue weighted by molar-refractivity contribution is 5.64. The van der Waals surface area contributed by atoms with Crippen molar-refractivity contribution < 1.29 is 9.47 Å². The highest BCUT2D eigenvalue weighted by Crippen LogP contribution is 2.30. The number of hydrogen-bond donors (Lipinski definition) is 0. The standard InChI is InChI=1S/C16H13N3O2/c1-20-14-9-12(10-17-11-14)15-16(19-8-7-18-15)21-13-5-3-2-4-6-13/h2-11H,1H3. The van der Waals surface area contributed by atoms with Gasteiger partial charge in [0.2, 0.25) is 5.88 Å². The number of rotatable bonds is 4. The topological polar surface area (TPSA) is 57.1 Å². The van der Waals surface area contributed by atoms with Crippen LogP contribution < -0.4 is 9.47 Å². The predicted molar refractivity (Wildman–Crippen MR) is 78.3 cm³/mol. The Labute approximate surface area is 122 Å². The van der Waals surface area contributed by atoms with E-state index >= 15 is 0 Å². The zero-order chi connectivity index (χ0) is 14.5. The number of pyridine rings is 1. The van der Waals surface area contributed by atoms with E-state index in [2.05, 4.69) is 15.0 Å². The third-order valence-electron chi connectivity index (χ3n) is 2.84. The van der Waals surface area contributed by atoms with Gasteiger partial charge in [0.05, 0.1) is 13.3 Å². The first kappa shape index (κ1) is 13.1. The molecule has 0 unspecified atom stereocenters. The molecule has 3 aromatic rings. The van der Waals surface area contributed by atoms with Crippen molar-refractivity contribution in [2.75, 3.05) is 7.11 Å². The number of para-hydroxylation sites is 1. The quantitative estimate of drug-likeness (QED) is 0.733. The van der Waals surface area contributed by atoms with Gasteiger partial charge >= 0.3 is 0 Å². The second-order valence-electron chi connectivity index (χ2n) is 4.24. The fourth-order valence-corrected chi connectivity index (χ4v) is 1.86. The monoisotopic (exact) mass is 279 g/mol. The lowest BCUT2D eigenvalue weighted by Gasteiger charge is -2.09. The van der Waals surface area contributed by atoms with Crippen molar-refractivity contribution >= 4 is 0 Å². The van der Waals surface area contributed by atoms with E-state index in [-0.39, 0.29) is 0 Å². The summed E-state index contributed by atoms with van der Waals surface area (Å²) < 4.78 is 11.0. The molecule has 1 aromatic carbocycles. The van der Waals surface area contributed by atoms with Crippen LogP contribution in [0.4, 0.5) is 0 Å². The van der Waals surface area contributed by atoms with Gasteiger partial charge in [-0.2, -0.15) is 0 Å². The zero-order valence-corrected chi connectivity index (χ0v) is 11.4. The first-order valence-corrected chi connectivity index (χ1v) is 6.40. The van der Waals surface area contributed by atoms with Crippen molar-refractivity contribution in [1.29, 1.82) is 0 Å². The maximum atomic E-state index is 5.80. The summed E-state index contributed by atoms with van der Waals surface area (Å²) in [6.07, 6.45) is 6.55. The predicted octanol–water partition coefficient (Wildman–Crippen LogP) is 3.34. The first-order chi connectivity index (χ1) is 10.4. The molecule has 0 N–H and O–H groups in total. The summed E-state index contributed by atoms with van der Waals surface area (Å²) in [6.45, 7) is 0. The molecule has 2 heterocycles. The molecule has 5 heteroatoms. The van der Waals surface area contributed by atoms with Crippen molar-refractivity contribution in [3.8, 4) is 28.6 Å². The molecule has 3 rings (SSSR count). The molecular weight excluding hydrogens is 266 g/mol. The van der Waals surface area contributed by atoms with Crippen LogP contribution in [0.15, 0.2) is 61.2 Å².